The minimum Gasteiger partial charge on any atom is -0.546 e. The van der Waals surface area contributed by atoms with E-state index in [1.807, 2.05) is 31.6 Å². The second-order valence-electron chi connectivity index (χ2n) is 4.84. The number of hydrogen-bond donors (Lipinski definition) is 0. The lowest BCUT2D eigenvalue weighted by atomic mass is 10.2. The molecule has 0 aliphatic heterocycles. The van der Waals surface area contributed by atoms with Crippen LogP contribution in [0.25, 0.3) is 0 Å². The van der Waals surface area contributed by atoms with Crippen LogP contribution in [0.3, 0.4) is 0 Å². The van der Waals surface area contributed by atoms with Gasteiger partial charge in [-0.05, 0) is 37.7 Å². The third kappa shape index (κ3) is 3.79. The van der Waals surface area contributed by atoms with E-state index in [0.717, 1.165) is 17.0 Å². The normalized spacial score (nSPS) is 11.4. The Labute approximate surface area is 115 Å². The first-order valence-corrected chi connectivity index (χ1v) is 9.12. The zero-order chi connectivity index (χ0) is 13.8. The maximum atomic E-state index is 5.90. The highest BCUT2D eigenvalue weighted by molar-refractivity contribution is 6.49. The van der Waals surface area contributed by atoms with Crippen LogP contribution < -0.4 is 4.43 Å². The van der Waals surface area contributed by atoms with Crippen LogP contribution in [-0.2, 0) is 7.05 Å². The number of benzene rings is 1. The minimum atomic E-state index is -1.13. The summed E-state index contributed by atoms with van der Waals surface area (Å²) in [6.45, 7) is 6.35. The summed E-state index contributed by atoms with van der Waals surface area (Å²) >= 11 is 0. The van der Waals surface area contributed by atoms with E-state index < -0.39 is 9.04 Å². The molecule has 0 aliphatic carbocycles. The van der Waals surface area contributed by atoms with Crippen molar-refractivity contribution in [2.24, 2.45) is 12.0 Å². The van der Waals surface area contributed by atoms with Gasteiger partial charge >= 0.3 is 0 Å². The molecule has 0 atom stereocenters. The van der Waals surface area contributed by atoms with Gasteiger partial charge in [0.05, 0.1) is 6.20 Å². The topological polar surface area (TPSA) is 39.4 Å². The molecule has 0 saturated heterocycles. The average Bonchev–Trinajstić information content (AvgIpc) is 2.75. The average molecular weight is 273 g/mol. The molecule has 0 aliphatic rings. The summed E-state index contributed by atoms with van der Waals surface area (Å²) in [6.07, 6.45) is 5.53. The highest BCUT2D eigenvalue weighted by atomic mass is 28.3. The highest BCUT2D eigenvalue weighted by Crippen LogP contribution is 2.29. The molecule has 19 heavy (non-hydrogen) atoms. The molecule has 1 aromatic carbocycles. The van der Waals surface area contributed by atoms with Gasteiger partial charge in [-0.25, -0.2) is 0 Å². The van der Waals surface area contributed by atoms with Crippen molar-refractivity contribution < 1.29 is 4.43 Å². The van der Waals surface area contributed by atoms with Gasteiger partial charge in [0.15, 0.2) is 0 Å². The summed E-state index contributed by atoms with van der Waals surface area (Å²) in [6, 6.07) is 6.09. The number of aryl methyl sites for hydroxylation is 2. The van der Waals surface area contributed by atoms with Crippen molar-refractivity contribution in [3.05, 3.63) is 41.7 Å². The molecular weight excluding hydrogens is 254 g/mol. The predicted molar refractivity (Wildman–Crippen MR) is 81.1 cm³/mol. The Morgan fingerprint density at radius 2 is 2.16 bits per heavy atom. The van der Waals surface area contributed by atoms with E-state index in [1.165, 1.54) is 5.56 Å². The third-order valence-corrected chi connectivity index (χ3v) is 3.28. The molecule has 100 valence electrons. The van der Waals surface area contributed by atoms with Crippen molar-refractivity contribution in [2.75, 3.05) is 0 Å². The lowest BCUT2D eigenvalue weighted by Crippen LogP contribution is -2.11. The third-order valence-electron chi connectivity index (χ3n) is 2.55. The van der Waals surface area contributed by atoms with Gasteiger partial charge in [0, 0.05) is 25.0 Å². The van der Waals surface area contributed by atoms with Gasteiger partial charge in [-0.1, -0.05) is 6.07 Å². The van der Waals surface area contributed by atoms with Gasteiger partial charge in [-0.2, -0.15) is 5.10 Å². The van der Waals surface area contributed by atoms with Crippen LogP contribution in [-0.4, -0.2) is 25.0 Å². The zero-order valence-electron chi connectivity index (χ0n) is 11.8. The molecule has 1 heterocycles. The van der Waals surface area contributed by atoms with Crippen LogP contribution in [0.5, 0.6) is 5.75 Å². The van der Waals surface area contributed by atoms with Crippen LogP contribution in [0.1, 0.15) is 11.1 Å². The minimum absolute atomic E-state index is 0.868. The fraction of sp³-hybridized carbons (Fsp3) is 0.286. The Morgan fingerprint density at radius 1 is 1.37 bits per heavy atom. The number of aromatic nitrogens is 2. The van der Waals surface area contributed by atoms with E-state index in [1.54, 1.807) is 10.9 Å². The molecule has 0 unspecified atom stereocenters. The Morgan fingerprint density at radius 3 is 2.79 bits per heavy atom. The molecule has 0 spiro atoms. The smallest absolute Gasteiger partial charge is 0.229 e. The van der Waals surface area contributed by atoms with E-state index in [9.17, 15) is 0 Å². The van der Waals surface area contributed by atoms with Crippen LogP contribution in [0, 0.1) is 6.92 Å². The van der Waals surface area contributed by atoms with Crippen molar-refractivity contribution in [1.82, 2.24) is 9.78 Å². The SMILES string of the molecule is Cc1ccc(O[SiH](C)C)c(N=Cc2cnn(C)c2)c1. The van der Waals surface area contributed by atoms with Crippen LogP contribution in [0.15, 0.2) is 35.6 Å². The van der Waals surface area contributed by atoms with Crippen molar-refractivity contribution in [3.8, 4) is 5.75 Å². The Hall–Kier alpha value is -1.88. The summed E-state index contributed by atoms with van der Waals surface area (Å²) in [4.78, 5) is 4.52. The molecule has 5 heteroatoms. The summed E-state index contributed by atoms with van der Waals surface area (Å²) < 4.78 is 7.66. The number of hydrogen-bond acceptors (Lipinski definition) is 3. The lowest BCUT2D eigenvalue weighted by molar-refractivity contribution is 0.582. The van der Waals surface area contributed by atoms with Crippen LogP contribution in [0.4, 0.5) is 5.69 Å². The summed E-state index contributed by atoms with van der Waals surface area (Å²) in [5.74, 6) is 0.868. The van der Waals surface area contributed by atoms with Crippen LogP contribution in [0.2, 0.25) is 13.1 Å². The Balaban J connectivity index is 2.27. The predicted octanol–water partition coefficient (Wildman–Crippen LogP) is 2.84. The molecule has 1 aromatic heterocycles. The van der Waals surface area contributed by atoms with E-state index in [2.05, 4.69) is 36.2 Å². The number of rotatable bonds is 4. The largest absolute Gasteiger partial charge is 0.546 e. The molecule has 0 N–H and O–H groups in total. The molecule has 4 nitrogen and oxygen atoms in total. The first-order chi connectivity index (χ1) is 9.04. The van der Waals surface area contributed by atoms with Gasteiger partial charge in [0.25, 0.3) is 0 Å². The van der Waals surface area contributed by atoms with Gasteiger partial charge < -0.3 is 4.43 Å². The van der Waals surface area contributed by atoms with Crippen molar-refractivity contribution in [2.45, 2.75) is 20.0 Å². The molecule has 2 aromatic rings. The molecule has 0 amide bonds. The quantitative estimate of drug-likeness (QED) is 0.635. The van der Waals surface area contributed by atoms with Gasteiger partial charge in [-0.3, -0.25) is 9.67 Å². The molecule has 0 radical (unpaired) electrons. The summed E-state index contributed by atoms with van der Waals surface area (Å²) in [5, 5.41) is 4.12. The van der Waals surface area contributed by atoms with E-state index in [0.29, 0.717) is 0 Å². The van der Waals surface area contributed by atoms with E-state index in [-0.39, 0.29) is 0 Å². The van der Waals surface area contributed by atoms with Crippen molar-refractivity contribution in [3.63, 3.8) is 0 Å². The standard InChI is InChI=1S/C14H19N3OSi/c1-11-5-6-14(18-19(3)4)13(7-11)15-8-12-9-16-17(2)10-12/h5-10,19H,1-4H3. The number of nitrogens with zero attached hydrogens (tertiary/aromatic N) is 3. The molecule has 0 saturated carbocycles. The second-order valence-corrected chi connectivity index (χ2v) is 7.18. The maximum Gasteiger partial charge on any atom is 0.229 e. The van der Waals surface area contributed by atoms with E-state index in [4.69, 9.17) is 4.43 Å². The van der Waals surface area contributed by atoms with Gasteiger partial charge in [0.1, 0.15) is 11.4 Å². The first-order valence-electron chi connectivity index (χ1n) is 6.34. The first kappa shape index (κ1) is 13.5. The van der Waals surface area contributed by atoms with Gasteiger partial charge in [0.2, 0.25) is 9.04 Å². The monoisotopic (exact) mass is 273 g/mol. The Bertz CT molecular complexity index is 590. The van der Waals surface area contributed by atoms with Crippen LogP contribution >= 0.6 is 0 Å². The molecular formula is C14H19N3OSi. The molecule has 0 bridgehead atoms. The van der Waals surface area contributed by atoms with Crippen molar-refractivity contribution in [1.29, 1.82) is 0 Å². The van der Waals surface area contributed by atoms with Crippen molar-refractivity contribution >= 4 is 20.9 Å². The Kier molecular flexibility index (Phi) is 4.16. The second kappa shape index (κ2) is 5.84. The zero-order valence-corrected chi connectivity index (χ0v) is 12.9. The summed E-state index contributed by atoms with van der Waals surface area (Å²) in [5.41, 5.74) is 3.04. The van der Waals surface area contributed by atoms with E-state index >= 15 is 0 Å². The molecule has 0 fully saturated rings. The number of aliphatic imine (C=N–C) groups is 1. The summed E-state index contributed by atoms with van der Waals surface area (Å²) in [7, 11) is 0.766. The lowest BCUT2D eigenvalue weighted by Gasteiger charge is -2.12. The highest BCUT2D eigenvalue weighted by Gasteiger charge is 2.05. The van der Waals surface area contributed by atoms with Gasteiger partial charge in [-0.15, -0.1) is 0 Å². The molecule has 2 rings (SSSR count). The maximum absolute atomic E-state index is 5.90. The fourth-order valence-electron chi connectivity index (χ4n) is 1.73. The fourth-order valence-corrected chi connectivity index (χ4v) is 2.44.